The van der Waals surface area contributed by atoms with Crippen molar-refractivity contribution in [2.75, 3.05) is 18.1 Å². The van der Waals surface area contributed by atoms with Gasteiger partial charge in [0.25, 0.3) is 0 Å². The average molecular weight is 218 g/mol. The van der Waals surface area contributed by atoms with E-state index in [2.05, 4.69) is 6.92 Å². The number of fused-ring (bicyclic) bond motifs is 1. The molecule has 1 radical (unpaired) electrons. The molecule has 0 aliphatic carbocycles. The van der Waals surface area contributed by atoms with Gasteiger partial charge >= 0.3 is 6.09 Å². The van der Waals surface area contributed by atoms with Crippen molar-refractivity contribution in [2.24, 2.45) is 0 Å². The second kappa shape index (κ2) is 5.01. The van der Waals surface area contributed by atoms with E-state index in [1.807, 2.05) is 30.7 Å². The molecule has 3 nitrogen and oxygen atoms in total. The van der Waals surface area contributed by atoms with Crippen LogP contribution in [0.3, 0.4) is 0 Å². The van der Waals surface area contributed by atoms with Crippen molar-refractivity contribution >= 4 is 11.8 Å². The van der Waals surface area contributed by atoms with Crippen LogP contribution in [0.1, 0.15) is 25.3 Å². The Hall–Kier alpha value is -1.51. The number of nitrogens with zero attached hydrogens (tertiary/aromatic N) is 1. The van der Waals surface area contributed by atoms with Gasteiger partial charge in [0.1, 0.15) is 0 Å². The van der Waals surface area contributed by atoms with Gasteiger partial charge < -0.3 is 4.74 Å². The Bertz CT molecular complexity index is 376. The number of carbonyl (C=O) groups excluding carboxylic acids is 1. The lowest BCUT2D eigenvalue weighted by Crippen LogP contribution is -2.29. The Kier molecular flexibility index (Phi) is 3.44. The molecule has 1 aliphatic rings. The van der Waals surface area contributed by atoms with Gasteiger partial charge in [-0.1, -0.05) is 31.5 Å². The van der Waals surface area contributed by atoms with Crippen molar-refractivity contribution in [1.29, 1.82) is 0 Å². The minimum Gasteiger partial charge on any atom is -0.449 e. The molecule has 1 aliphatic heterocycles. The lowest BCUT2D eigenvalue weighted by Gasteiger charge is -2.16. The molecule has 1 heterocycles. The number of amides is 1. The fourth-order valence-electron chi connectivity index (χ4n) is 1.75. The van der Waals surface area contributed by atoms with E-state index in [4.69, 9.17) is 4.74 Å². The third-order valence-electron chi connectivity index (χ3n) is 2.67. The lowest BCUT2D eigenvalue weighted by molar-refractivity contribution is 0.153. The molecule has 0 bridgehead atoms. The van der Waals surface area contributed by atoms with Gasteiger partial charge in [-0.3, -0.25) is 4.90 Å². The molecule has 0 atom stereocenters. The molecule has 16 heavy (non-hydrogen) atoms. The van der Waals surface area contributed by atoms with E-state index in [9.17, 15) is 4.79 Å². The molecule has 2 rings (SSSR count). The van der Waals surface area contributed by atoms with Gasteiger partial charge in [0, 0.05) is 13.0 Å². The Morgan fingerprint density at radius 3 is 3.06 bits per heavy atom. The fraction of sp³-hybridized carbons (Fsp3) is 0.385. The number of carbonyl (C=O) groups is 1. The minimum absolute atomic E-state index is 0.241. The first kappa shape index (κ1) is 11.0. The monoisotopic (exact) mass is 218 g/mol. The van der Waals surface area contributed by atoms with Gasteiger partial charge in [-0.15, -0.1) is 0 Å². The van der Waals surface area contributed by atoms with Crippen LogP contribution in [0.4, 0.5) is 10.5 Å². The molecule has 0 spiro atoms. The maximum Gasteiger partial charge on any atom is 0.414 e. The normalized spacial score (nSPS) is 13.7. The van der Waals surface area contributed by atoms with Gasteiger partial charge in [0.2, 0.25) is 0 Å². The van der Waals surface area contributed by atoms with E-state index in [-0.39, 0.29) is 6.09 Å². The first-order chi connectivity index (χ1) is 7.83. The molecule has 1 aromatic rings. The van der Waals surface area contributed by atoms with Crippen molar-refractivity contribution < 1.29 is 9.53 Å². The highest BCUT2D eigenvalue weighted by molar-refractivity contribution is 5.91. The van der Waals surface area contributed by atoms with Crippen molar-refractivity contribution in [1.82, 2.24) is 0 Å². The van der Waals surface area contributed by atoms with Crippen molar-refractivity contribution in [3.63, 3.8) is 0 Å². The summed E-state index contributed by atoms with van der Waals surface area (Å²) in [4.78, 5) is 13.4. The van der Waals surface area contributed by atoms with Crippen molar-refractivity contribution in [2.45, 2.75) is 19.8 Å². The quantitative estimate of drug-likeness (QED) is 0.730. The summed E-state index contributed by atoms with van der Waals surface area (Å²) >= 11 is 0. The third kappa shape index (κ3) is 2.18. The summed E-state index contributed by atoms with van der Waals surface area (Å²) in [7, 11) is 0. The number of unbranched alkanes of at least 4 members (excludes halogenated alkanes) is 1. The Balaban J connectivity index is 1.99. The summed E-state index contributed by atoms with van der Waals surface area (Å²) < 4.78 is 5.19. The van der Waals surface area contributed by atoms with Gasteiger partial charge in [-0.05, 0) is 18.1 Å². The number of anilines is 1. The molecule has 0 fully saturated rings. The molecule has 1 amide bonds. The zero-order valence-electron chi connectivity index (χ0n) is 9.48. The Morgan fingerprint density at radius 1 is 1.44 bits per heavy atom. The van der Waals surface area contributed by atoms with E-state index >= 15 is 0 Å². The number of hydrogen-bond donors (Lipinski definition) is 0. The number of hydrogen-bond acceptors (Lipinski definition) is 2. The molecule has 3 heteroatoms. The zero-order chi connectivity index (χ0) is 11.4. The molecular formula is C13H16NO2. The standard InChI is InChI=1S/C13H16NO2/c1-2-3-10-16-13(15)14-9-8-11-6-4-5-7-12(11)14/h4-8H,2-3,9-10H2,1H3. The molecule has 0 aromatic heterocycles. The van der Waals surface area contributed by atoms with Crippen LogP contribution in [0.25, 0.3) is 0 Å². The summed E-state index contributed by atoms with van der Waals surface area (Å²) in [6.07, 6.45) is 3.76. The first-order valence-corrected chi connectivity index (χ1v) is 5.69. The van der Waals surface area contributed by atoms with Crippen LogP contribution in [0.5, 0.6) is 0 Å². The van der Waals surface area contributed by atoms with E-state index in [1.165, 1.54) is 0 Å². The van der Waals surface area contributed by atoms with Crippen molar-refractivity contribution in [3.05, 3.63) is 36.2 Å². The van der Waals surface area contributed by atoms with Gasteiger partial charge in [-0.2, -0.15) is 0 Å². The molecule has 1 aromatic carbocycles. The third-order valence-corrected chi connectivity index (χ3v) is 2.67. The fourth-order valence-corrected chi connectivity index (χ4v) is 1.75. The van der Waals surface area contributed by atoms with Gasteiger partial charge in [-0.25, -0.2) is 4.79 Å². The summed E-state index contributed by atoms with van der Waals surface area (Å²) in [5.41, 5.74) is 2.05. The highest BCUT2D eigenvalue weighted by atomic mass is 16.6. The maximum atomic E-state index is 11.8. The van der Waals surface area contributed by atoms with E-state index in [0.29, 0.717) is 13.2 Å². The molecule has 0 saturated carbocycles. The Labute approximate surface area is 96.0 Å². The number of ether oxygens (including phenoxy) is 1. The molecular weight excluding hydrogens is 202 g/mol. The average Bonchev–Trinajstić information content (AvgIpc) is 2.73. The topological polar surface area (TPSA) is 29.5 Å². The minimum atomic E-state index is -0.241. The molecule has 0 N–H and O–H groups in total. The number of para-hydroxylation sites is 1. The van der Waals surface area contributed by atoms with Gasteiger partial charge in [0.05, 0.1) is 12.3 Å². The van der Waals surface area contributed by atoms with Crippen molar-refractivity contribution in [3.8, 4) is 0 Å². The molecule has 0 unspecified atom stereocenters. The SMILES string of the molecule is CCCCOC(=O)N1C[CH]c2ccccc21. The predicted molar refractivity (Wildman–Crippen MR) is 63.4 cm³/mol. The van der Waals surface area contributed by atoms with Crippen LogP contribution in [0.15, 0.2) is 24.3 Å². The first-order valence-electron chi connectivity index (χ1n) is 5.69. The van der Waals surface area contributed by atoms with Crippen LogP contribution in [0, 0.1) is 6.42 Å². The second-order valence-corrected chi connectivity index (χ2v) is 3.84. The summed E-state index contributed by atoms with van der Waals surface area (Å²) in [6.45, 7) is 3.20. The van der Waals surface area contributed by atoms with Crippen LogP contribution >= 0.6 is 0 Å². The smallest absolute Gasteiger partial charge is 0.414 e. The largest absolute Gasteiger partial charge is 0.449 e. The predicted octanol–water partition coefficient (Wildman–Crippen LogP) is 3.00. The van der Waals surface area contributed by atoms with E-state index in [1.54, 1.807) is 4.90 Å². The highest BCUT2D eigenvalue weighted by Gasteiger charge is 2.25. The maximum absolute atomic E-state index is 11.8. The Morgan fingerprint density at radius 2 is 2.25 bits per heavy atom. The number of benzene rings is 1. The van der Waals surface area contributed by atoms with Gasteiger partial charge in [0.15, 0.2) is 0 Å². The van der Waals surface area contributed by atoms with Crippen LogP contribution in [-0.4, -0.2) is 19.2 Å². The second-order valence-electron chi connectivity index (χ2n) is 3.84. The van der Waals surface area contributed by atoms with Crippen LogP contribution in [0.2, 0.25) is 0 Å². The molecule has 0 saturated heterocycles. The highest BCUT2D eigenvalue weighted by Crippen LogP contribution is 2.29. The number of rotatable bonds is 3. The lowest BCUT2D eigenvalue weighted by atomic mass is 10.2. The summed E-state index contributed by atoms with van der Waals surface area (Å²) in [5.74, 6) is 0. The van der Waals surface area contributed by atoms with E-state index in [0.717, 1.165) is 24.1 Å². The zero-order valence-corrected chi connectivity index (χ0v) is 9.48. The van der Waals surface area contributed by atoms with E-state index < -0.39 is 0 Å². The summed E-state index contributed by atoms with van der Waals surface area (Å²) in [6, 6.07) is 7.86. The molecule has 85 valence electrons. The van der Waals surface area contributed by atoms with Crippen LogP contribution in [-0.2, 0) is 4.74 Å². The summed E-state index contributed by atoms with van der Waals surface area (Å²) in [5, 5.41) is 0. The van der Waals surface area contributed by atoms with Crippen LogP contribution < -0.4 is 4.90 Å².